The Morgan fingerprint density at radius 1 is 0.673 bits per heavy atom. The molecule has 0 heterocycles. The maximum Gasteiger partial charge on any atom is 0.472 e. The zero-order valence-electron chi connectivity index (χ0n) is 32.0. The molecule has 0 saturated heterocycles. The zero-order chi connectivity index (χ0) is 38.7. The first kappa shape index (κ1) is 49.6. The van der Waals surface area contributed by atoms with Crippen LogP contribution in [0.1, 0.15) is 130 Å². The molecule has 0 rings (SSSR count). The van der Waals surface area contributed by atoms with Gasteiger partial charge in [0, 0.05) is 12.8 Å². The SMILES string of the molecule is CC/C=C\C/C=C\C/C=C\C/C=C\C=C\C(O)CCCC(=O)OC[C@H](COP(=O)(O)OC[C@@H](O)CO)OC(=O)CCCCCCCCCCC(C)C. The minimum Gasteiger partial charge on any atom is -0.462 e. The first-order chi connectivity index (χ1) is 25.0. The van der Waals surface area contributed by atoms with E-state index in [1.54, 1.807) is 12.2 Å². The minimum absolute atomic E-state index is 0.00870. The first-order valence-corrected chi connectivity index (χ1v) is 20.7. The van der Waals surface area contributed by atoms with Gasteiger partial charge in [-0.05, 0) is 50.9 Å². The smallest absolute Gasteiger partial charge is 0.462 e. The lowest BCUT2D eigenvalue weighted by Crippen LogP contribution is -2.30. The van der Waals surface area contributed by atoms with Gasteiger partial charge >= 0.3 is 19.8 Å². The third-order valence-electron chi connectivity index (χ3n) is 7.72. The van der Waals surface area contributed by atoms with Gasteiger partial charge in [0.2, 0.25) is 0 Å². The van der Waals surface area contributed by atoms with Crippen LogP contribution in [0.25, 0.3) is 0 Å². The number of ether oxygens (including phenoxy) is 2. The molecular formula is C40H69O11P. The summed E-state index contributed by atoms with van der Waals surface area (Å²) in [6.45, 7) is 4.27. The van der Waals surface area contributed by atoms with Crippen LogP contribution in [0.15, 0.2) is 60.8 Å². The Kier molecular flexibility index (Phi) is 32.8. The Labute approximate surface area is 313 Å². The van der Waals surface area contributed by atoms with Crippen molar-refractivity contribution in [2.75, 3.05) is 26.4 Å². The van der Waals surface area contributed by atoms with E-state index < -0.39 is 64.5 Å². The van der Waals surface area contributed by atoms with E-state index in [0.29, 0.717) is 19.3 Å². The molecule has 0 fully saturated rings. The summed E-state index contributed by atoms with van der Waals surface area (Å²) in [5.74, 6) is -0.396. The molecule has 4 atom stereocenters. The van der Waals surface area contributed by atoms with E-state index in [9.17, 15) is 29.3 Å². The third kappa shape index (κ3) is 34.7. The van der Waals surface area contributed by atoms with Crippen LogP contribution in [0.2, 0.25) is 0 Å². The van der Waals surface area contributed by atoms with Gasteiger partial charge < -0.3 is 29.7 Å². The molecule has 0 aromatic rings. The molecule has 0 saturated carbocycles. The minimum atomic E-state index is -4.66. The summed E-state index contributed by atoms with van der Waals surface area (Å²) in [6, 6.07) is 0. The average Bonchev–Trinajstić information content (AvgIpc) is 3.11. The normalized spacial score (nSPS) is 15.4. The zero-order valence-corrected chi connectivity index (χ0v) is 32.9. The van der Waals surface area contributed by atoms with Crippen LogP contribution in [0.4, 0.5) is 0 Å². The molecule has 4 N–H and O–H groups in total. The molecule has 11 nitrogen and oxygen atoms in total. The Balaban J connectivity index is 4.58. The Hall–Kier alpha value is -2.37. The van der Waals surface area contributed by atoms with Crippen molar-refractivity contribution in [3.63, 3.8) is 0 Å². The second kappa shape index (κ2) is 34.4. The molecule has 0 radical (unpaired) electrons. The number of aliphatic hydroxyl groups excluding tert-OH is 3. The fourth-order valence-corrected chi connectivity index (χ4v) is 5.52. The highest BCUT2D eigenvalue weighted by Crippen LogP contribution is 2.43. The number of aliphatic hydroxyl groups is 3. The maximum absolute atomic E-state index is 12.5. The number of carbonyl (C=O) groups excluding carboxylic acids is 2. The fourth-order valence-electron chi connectivity index (χ4n) is 4.73. The average molecular weight is 757 g/mol. The van der Waals surface area contributed by atoms with Gasteiger partial charge in [0.25, 0.3) is 0 Å². The molecule has 0 spiro atoms. The second-order valence-corrected chi connectivity index (χ2v) is 14.7. The van der Waals surface area contributed by atoms with Gasteiger partial charge in [0.1, 0.15) is 12.7 Å². The van der Waals surface area contributed by atoms with Crippen molar-refractivity contribution in [1.82, 2.24) is 0 Å². The van der Waals surface area contributed by atoms with Crippen molar-refractivity contribution in [3.8, 4) is 0 Å². The van der Waals surface area contributed by atoms with Crippen LogP contribution >= 0.6 is 7.82 Å². The van der Waals surface area contributed by atoms with Crippen LogP contribution in [0.5, 0.6) is 0 Å². The summed E-state index contributed by atoms with van der Waals surface area (Å²) >= 11 is 0. The quantitative estimate of drug-likeness (QED) is 0.0164. The molecule has 0 aliphatic heterocycles. The molecule has 0 aromatic carbocycles. The predicted octanol–water partition coefficient (Wildman–Crippen LogP) is 8.38. The summed E-state index contributed by atoms with van der Waals surface area (Å²) in [5.41, 5.74) is 0. The molecule has 52 heavy (non-hydrogen) atoms. The third-order valence-corrected chi connectivity index (χ3v) is 8.67. The van der Waals surface area contributed by atoms with E-state index in [0.717, 1.165) is 50.9 Å². The summed E-state index contributed by atoms with van der Waals surface area (Å²) in [5, 5.41) is 28.5. The van der Waals surface area contributed by atoms with Gasteiger partial charge in [0.15, 0.2) is 6.10 Å². The summed E-state index contributed by atoms with van der Waals surface area (Å²) in [4.78, 5) is 34.8. The standard InChI is InChI=1S/C40H69O11P/c1-4-5-6-7-8-9-10-11-12-13-17-20-23-27-36(42)28-25-30-39(44)48-33-38(34-50-52(46,47)49-32-37(43)31-41)51-40(45)29-24-21-18-15-14-16-19-22-26-35(2)3/h5-6,8-9,11-12,17,20,23,27,35-38,41-43H,4,7,10,13-16,18-19,21-22,24-26,28-34H2,1-3H3,(H,46,47)/b6-5-,9-8-,12-11-,20-17-,27-23+/t36?,37-,38+/m0/s1. The number of phosphoric ester groups is 1. The van der Waals surface area contributed by atoms with Gasteiger partial charge in [-0.1, -0.05) is 133 Å². The Morgan fingerprint density at radius 2 is 1.23 bits per heavy atom. The summed E-state index contributed by atoms with van der Waals surface area (Å²) in [7, 11) is -4.66. The van der Waals surface area contributed by atoms with Gasteiger partial charge in [-0.15, -0.1) is 0 Å². The lowest BCUT2D eigenvalue weighted by molar-refractivity contribution is -0.161. The largest absolute Gasteiger partial charge is 0.472 e. The van der Waals surface area contributed by atoms with E-state index in [-0.39, 0.29) is 12.8 Å². The number of hydrogen-bond donors (Lipinski definition) is 4. The van der Waals surface area contributed by atoms with Crippen LogP contribution < -0.4 is 0 Å². The second-order valence-electron chi connectivity index (χ2n) is 13.3. The van der Waals surface area contributed by atoms with Crippen molar-refractivity contribution in [2.45, 2.75) is 148 Å². The lowest BCUT2D eigenvalue weighted by atomic mass is 10.0. The molecule has 0 aromatic heterocycles. The van der Waals surface area contributed by atoms with Crippen LogP contribution in [0, 0.1) is 5.92 Å². The molecule has 0 amide bonds. The Bertz CT molecular complexity index is 1080. The van der Waals surface area contributed by atoms with E-state index in [1.807, 2.05) is 12.2 Å². The molecule has 0 bridgehead atoms. The van der Waals surface area contributed by atoms with Gasteiger partial charge in [-0.2, -0.15) is 0 Å². The topological polar surface area (TPSA) is 169 Å². The highest BCUT2D eigenvalue weighted by molar-refractivity contribution is 7.47. The molecule has 0 aliphatic rings. The van der Waals surface area contributed by atoms with Gasteiger partial charge in [-0.3, -0.25) is 18.6 Å². The number of carbonyl (C=O) groups is 2. The maximum atomic E-state index is 12.5. The van der Waals surface area contributed by atoms with Crippen molar-refractivity contribution >= 4 is 19.8 Å². The number of phosphoric acid groups is 1. The fraction of sp³-hybridized carbons (Fsp3) is 0.700. The Morgan fingerprint density at radius 3 is 1.85 bits per heavy atom. The number of esters is 2. The summed E-state index contributed by atoms with van der Waals surface area (Å²) in [6.07, 6.45) is 31.0. The van der Waals surface area contributed by atoms with Crippen molar-refractivity contribution in [1.29, 1.82) is 0 Å². The van der Waals surface area contributed by atoms with Gasteiger partial charge in [0.05, 0.1) is 25.9 Å². The number of hydrogen-bond acceptors (Lipinski definition) is 10. The molecule has 2 unspecified atom stereocenters. The van der Waals surface area contributed by atoms with E-state index >= 15 is 0 Å². The molecule has 300 valence electrons. The first-order valence-electron chi connectivity index (χ1n) is 19.2. The van der Waals surface area contributed by atoms with Crippen molar-refractivity contribution < 1.29 is 52.9 Å². The monoisotopic (exact) mass is 756 g/mol. The van der Waals surface area contributed by atoms with E-state index in [1.165, 1.54) is 32.1 Å². The van der Waals surface area contributed by atoms with Crippen LogP contribution in [-0.4, -0.2) is 76.9 Å². The van der Waals surface area contributed by atoms with E-state index in [2.05, 4.69) is 61.8 Å². The van der Waals surface area contributed by atoms with Crippen LogP contribution in [-0.2, 0) is 32.7 Å². The molecule has 0 aliphatic carbocycles. The molecule has 12 heteroatoms. The number of allylic oxidation sites excluding steroid dienone is 9. The highest BCUT2D eigenvalue weighted by Gasteiger charge is 2.27. The number of unbranched alkanes of at least 4 members (excludes halogenated alkanes) is 7. The predicted molar refractivity (Wildman–Crippen MR) is 206 cm³/mol. The highest BCUT2D eigenvalue weighted by atomic mass is 31.2. The van der Waals surface area contributed by atoms with Crippen LogP contribution in [0.3, 0.4) is 0 Å². The van der Waals surface area contributed by atoms with Crippen molar-refractivity contribution in [2.24, 2.45) is 5.92 Å². The van der Waals surface area contributed by atoms with Crippen molar-refractivity contribution in [3.05, 3.63) is 60.8 Å². The number of rotatable bonds is 34. The van der Waals surface area contributed by atoms with E-state index in [4.69, 9.17) is 19.1 Å². The lowest BCUT2D eigenvalue weighted by Gasteiger charge is -2.20. The van der Waals surface area contributed by atoms with Gasteiger partial charge in [-0.25, -0.2) is 4.57 Å². The summed E-state index contributed by atoms with van der Waals surface area (Å²) < 4.78 is 32.4. The molecular weight excluding hydrogens is 687 g/mol.